The minimum Gasteiger partial charge on any atom is -0.291 e. The van der Waals surface area contributed by atoms with Crippen molar-refractivity contribution in [3.05, 3.63) is 51.7 Å². The van der Waals surface area contributed by atoms with Crippen LogP contribution in [-0.2, 0) is 5.54 Å². The molecule has 0 radical (unpaired) electrons. The largest absolute Gasteiger partial charge is 0.347 e. The Morgan fingerprint density at radius 3 is 2.29 bits per heavy atom. The fourth-order valence-electron chi connectivity index (χ4n) is 4.39. The lowest BCUT2D eigenvalue weighted by Gasteiger charge is -2.64. The minimum atomic E-state index is -1.21. The Labute approximate surface area is 133 Å². The molecule has 24 heavy (non-hydrogen) atoms. The standard InChI is InChI=1S/C16H12F3N3O2/c17-9-1-8(2-10(18)3-9)11-4-12(23)13-20-22(14(24)21(11)13)16-5-15(19,6-16)7-16/h1-3,11H,4-7H2/t11-,15?,16?/m0/s1. The van der Waals surface area contributed by atoms with E-state index in [0.29, 0.717) is 0 Å². The lowest BCUT2D eigenvalue weighted by atomic mass is 9.47. The Morgan fingerprint density at radius 2 is 1.71 bits per heavy atom. The number of halogens is 3. The van der Waals surface area contributed by atoms with Gasteiger partial charge in [-0.25, -0.2) is 22.6 Å². The van der Waals surface area contributed by atoms with Crippen LogP contribution in [0.25, 0.3) is 0 Å². The number of ketones is 1. The van der Waals surface area contributed by atoms with Gasteiger partial charge >= 0.3 is 5.69 Å². The van der Waals surface area contributed by atoms with Crippen LogP contribution in [0.1, 0.15) is 47.9 Å². The number of fused-ring (bicyclic) bond motifs is 1. The van der Waals surface area contributed by atoms with E-state index in [2.05, 4.69) is 5.10 Å². The van der Waals surface area contributed by atoms with Gasteiger partial charge in [0.25, 0.3) is 0 Å². The molecule has 124 valence electrons. The number of carbonyl (C=O) groups excluding carboxylic acids is 1. The molecule has 2 bridgehead atoms. The van der Waals surface area contributed by atoms with Crippen LogP contribution >= 0.6 is 0 Å². The van der Waals surface area contributed by atoms with Crippen LogP contribution < -0.4 is 5.69 Å². The smallest absolute Gasteiger partial charge is 0.291 e. The Hall–Kier alpha value is -2.38. The lowest BCUT2D eigenvalue weighted by Crippen LogP contribution is -2.72. The van der Waals surface area contributed by atoms with Crippen molar-refractivity contribution >= 4 is 5.78 Å². The Balaban J connectivity index is 1.63. The minimum absolute atomic E-state index is 0.0210. The van der Waals surface area contributed by atoms with Crippen molar-refractivity contribution in [1.29, 1.82) is 0 Å². The molecule has 0 amide bonds. The van der Waals surface area contributed by atoms with Gasteiger partial charge in [-0.2, -0.15) is 0 Å². The van der Waals surface area contributed by atoms with Gasteiger partial charge in [0, 0.05) is 31.7 Å². The maximum absolute atomic E-state index is 13.7. The normalized spacial score (nSPS) is 33.1. The average Bonchev–Trinajstić information content (AvgIpc) is 2.93. The molecule has 5 nitrogen and oxygen atoms in total. The fraction of sp³-hybridized carbons (Fsp3) is 0.438. The summed E-state index contributed by atoms with van der Waals surface area (Å²) in [7, 11) is 0. The van der Waals surface area contributed by atoms with E-state index in [1.165, 1.54) is 9.25 Å². The molecule has 1 aromatic heterocycles. The molecule has 2 heterocycles. The number of hydrogen-bond donors (Lipinski definition) is 0. The van der Waals surface area contributed by atoms with Gasteiger partial charge in [0.05, 0.1) is 11.6 Å². The quantitative estimate of drug-likeness (QED) is 0.844. The third kappa shape index (κ3) is 1.58. The highest BCUT2D eigenvalue weighted by Gasteiger charge is 2.72. The summed E-state index contributed by atoms with van der Waals surface area (Å²) in [6.45, 7) is 0. The highest BCUT2D eigenvalue weighted by atomic mass is 19.1. The molecule has 1 aliphatic heterocycles. The van der Waals surface area contributed by atoms with Crippen LogP contribution in [0, 0.1) is 11.6 Å². The van der Waals surface area contributed by atoms with Gasteiger partial charge in [-0.3, -0.25) is 9.36 Å². The van der Waals surface area contributed by atoms with Gasteiger partial charge in [0.15, 0.2) is 0 Å². The summed E-state index contributed by atoms with van der Waals surface area (Å²) in [6.07, 6.45) is 0.610. The first kappa shape index (κ1) is 14.0. The monoisotopic (exact) mass is 335 g/mol. The molecule has 4 aliphatic rings. The lowest BCUT2D eigenvalue weighted by molar-refractivity contribution is -0.205. The molecule has 3 saturated carbocycles. The maximum atomic E-state index is 13.7. The summed E-state index contributed by atoms with van der Waals surface area (Å²) in [4.78, 5) is 24.9. The molecule has 0 N–H and O–H groups in total. The summed E-state index contributed by atoms with van der Waals surface area (Å²) in [5, 5.41) is 4.12. The van der Waals surface area contributed by atoms with Crippen LogP contribution in [0.4, 0.5) is 13.2 Å². The predicted molar refractivity (Wildman–Crippen MR) is 75.6 cm³/mol. The molecule has 0 unspecified atom stereocenters. The van der Waals surface area contributed by atoms with Gasteiger partial charge < -0.3 is 0 Å². The molecule has 0 saturated heterocycles. The number of rotatable bonds is 2. The maximum Gasteiger partial charge on any atom is 0.347 e. The molecule has 8 heteroatoms. The second-order valence-electron chi connectivity index (χ2n) is 7.14. The first-order valence-corrected chi connectivity index (χ1v) is 7.71. The second kappa shape index (κ2) is 3.99. The SMILES string of the molecule is O=C1C[C@@H](c2cc(F)cc(F)c2)n2c1nn(C13CC(F)(C1)C3)c2=O. The molecular formula is C16H12F3N3O2. The first-order valence-electron chi connectivity index (χ1n) is 7.71. The summed E-state index contributed by atoms with van der Waals surface area (Å²) >= 11 is 0. The molecule has 1 aromatic carbocycles. The van der Waals surface area contributed by atoms with E-state index in [9.17, 15) is 22.8 Å². The highest BCUT2D eigenvalue weighted by molar-refractivity contribution is 5.95. The van der Waals surface area contributed by atoms with Crippen molar-refractivity contribution in [1.82, 2.24) is 14.3 Å². The van der Waals surface area contributed by atoms with E-state index in [0.717, 1.165) is 18.2 Å². The molecule has 1 atom stereocenters. The zero-order valence-electron chi connectivity index (χ0n) is 12.4. The molecule has 0 spiro atoms. The van der Waals surface area contributed by atoms with Crippen LogP contribution in [0.3, 0.4) is 0 Å². The zero-order chi connectivity index (χ0) is 16.9. The molecule has 3 aliphatic carbocycles. The van der Waals surface area contributed by atoms with E-state index in [-0.39, 0.29) is 42.9 Å². The second-order valence-corrected chi connectivity index (χ2v) is 7.14. The third-order valence-electron chi connectivity index (χ3n) is 5.41. The van der Waals surface area contributed by atoms with Gasteiger partial charge in [-0.15, -0.1) is 5.10 Å². The molecule has 3 fully saturated rings. The number of carbonyl (C=O) groups is 1. The van der Waals surface area contributed by atoms with Gasteiger partial charge in [-0.05, 0) is 17.7 Å². The Bertz CT molecular complexity index is 937. The van der Waals surface area contributed by atoms with E-state index >= 15 is 0 Å². The molecule has 6 rings (SSSR count). The van der Waals surface area contributed by atoms with Crippen molar-refractivity contribution in [2.75, 3.05) is 0 Å². The van der Waals surface area contributed by atoms with Crippen molar-refractivity contribution in [2.24, 2.45) is 0 Å². The van der Waals surface area contributed by atoms with E-state index in [1.807, 2.05) is 0 Å². The van der Waals surface area contributed by atoms with Crippen LogP contribution in [0.15, 0.2) is 23.0 Å². The number of hydrogen-bond acceptors (Lipinski definition) is 3. The number of Topliss-reactive ketones (excluding diaryl/α,β-unsaturated/α-hetero) is 1. The van der Waals surface area contributed by atoms with Gasteiger partial charge in [0.2, 0.25) is 11.6 Å². The van der Waals surface area contributed by atoms with Crippen molar-refractivity contribution in [3.8, 4) is 0 Å². The zero-order valence-corrected chi connectivity index (χ0v) is 12.4. The van der Waals surface area contributed by atoms with E-state index in [1.54, 1.807) is 0 Å². The number of nitrogens with zero attached hydrogens (tertiary/aromatic N) is 3. The number of aromatic nitrogens is 3. The van der Waals surface area contributed by atoms with Crippen molar-refractivity contribution in [2.45, 2.75) is 42.9 Å². The number of benzene rings is 1. The van der Waals surface area contributed by atoms with Crippen LogP contribution in [0.5, 0.6) is 0 Å². The Morgan fingerprint density at radius 1 is 1.08 bits per heavy atom. The summed E-state index contributed by atoms with van der Waals surface area (Å²) in [5.74, 6) is -1.93. The average molecular weight is 335 g/mol. The van der Waals surface area contributed by atoms with E-state index in [4.69, 9.17) is 0 Å². The van der Waals surface area contributed by atoms with Crippen molar-refractivity contribution < 1.29 is 18.0 Å². The Kier molecular flexibility index (Phi) is 2.33. The third-order valence-corrected chi connectivity index (χ3v) is 5.41. The van der Waals surface area contributed by atoms with Gasteiger partial charge in [0.1, 0.15) is 17.3 Å². The van der Waals surface area contributed by atoms with Crippen molar-refractivity contribution in [3.63, 3.8) is 0 Å². The number of alkyl halides is 1. The summed E-state index contributed by atoms with van der Waals surface area (Å²) < 4.78 is 43.1. The topological polar surface area (TPSA) is 56.9 Å². The molecule has 2 aromatic rings. The summed E-state index contributed by atoms with van der Waals surface area (Å²) in [6, 6.07) is 2.16. The fourth-order valence-corrected chi connectivity index (χ4v) is 4.39. The van der Waals surface area contributed by atoms with E-state index < -0.39 is 34.6 Å². The first-order chi connectivity index (χ1) is 11.3. The van der Waals surface area contributed by atoms with Crippen LogP contribution in [-0.4, -0.2) is 25.8 Å². The molecular weight excluding hydrogens is 323 g/mol. The highest BCUT2D eigenvalue weighted by Crippen LogP contribution is 2.66. The van der Waals surface area contributed by atoms with Gasteiger partial charge in [-0.1, -0.05) is 0 Å². The summed E-state index contributed by atoms with van der Waals surface area (Å²) in [5.41, 5.74) is -2.16. The van der Waals surface area contributed by atoms with Crippen LogP contribution in [0.2, 0.25) is 0 Å². The predicted octanol–water partition coefficient (Wildman–Crippen LogP) is 2.10.